The monoisotopic (exact) mass is 255 g/mol. The lowest BCUT2D eigenvalue weighted by atomic mass is 10.2. The molecule has 1 rings (SSSR count). The Kier molecular flexibility index (Phi) is 4.75. The predicted octanol–water partition coefficient (Wildman–Crippen LogP) is 1.05. The van der Waals surface area contributed by atoms with E-state index in [-0.39, 0.29) is 16.1 Å². The Morgan fingerprint density at radius 3 is 2.82 bits per heavy atom. The molecule has 0 spiro atoms. The van der Waals surface area contributed by atoms with Crippen molar-refractivity contribution in [3.05, 3.63) is 10.4 Å². The van der Waals surface area contributed by atoms with Crippen molar-refractivity contribution in [1.82, 2.24) is 0 Å². The van der Waals surface area contributed by atoms with Crippen LogP contribution in [0, 0.1) is 11.3 Å². The van der Waals surface area contributed by atoms with Gasteiger partial charge in [0, 0.05) is 13.7 Å². The summed E-state index contributed by atoms with van der Waals surface area (Å²) in [6, 6.07) is 1.96. The number of hydrogen-bond acceptors (Lipinski definition) is 7. The van der Waals surface area contributed by atoms with Gasteiger partial charge < -0.3 is 20.5 Å². The second-order valence-corrected chi connectivity index (χ2v) is 4.09. The minimum Gasteiger partial charge on any atom is -0.465 e. The Morgan fingerprint density at radius 1 is 1.59 bits per heavy atom. The normalized spacial score (nSPS) is 9.71. The lowest BCUT2D eigenvalue weighted by Crippen LogP contribution is -2.07. The maximum absolute atomic E-state index is 11.4. The number of carbonyl (C=O) groups is 1. The third-order valence-corrected chi connectivity index (χ3v) is 3.16. The minimum absolute atomic E-state index is 0.157. The molecule has 0 aliphatic heterocycles. The number of nitrogen functional groups attached to an aromatic ring is 1. The Hall–Kier alpha value is -1.78. The van der Waals surface area contributed by atoms with E-state index in [1.807, 2.05) is 6.07 Å². The average molecular weight is 255 g/mol. The molecule has 0 amide bonds. The Morgan fingerprint density at radius 2 is 2.29 bits per heavy atom. The molecule has 0 aliphatic carbocycles. The summed E-state index contributed by atoms with van der Waals surface area (Å²) in [6.07, 6.45) is 0. The van der Waals surface area contributed by atoms with Gasteiger partial charge in [-0.1, -0.05) is 0 Å². The van der Waals surface area contributed by atoms with Crippen LogP contribution in [0.4, 0.5) is 10.7 Å². The van der Waals surface area contributed by atoms with Crippen molar-refractivity contribution in [3.63, 3.8) is 0 Å². The predicted molar refractivity (Wildman–Crippen MR) is 65.2 cm³/mol. The van der Waals surface area contributed by atoms with E-state index in [2.05, 4.69) is 10.1 Å². The van der Waals surface area contributed by atoms with Crippen molar-refractivity contribution in [2.45, 2.75) is 0 Å². The van der Waals surface area contributed by atoms with Crippen LogP contribution in [0.5, 0.6) is 0 Å². The van der Waals surface area contributed by atoms with E-state index in [1.165, 1.54) is 7.11 Å². The molecule has 0 radical (unpaired) electrons. The van der Waals surface area contributed by atoms with Crippen LogP contribution in [0.15, 0.2) is 0 Å². The number of methoxy groups -OCH3 is 2. The Balaban J connectivity index is 2.98. The number of esters is 1. The third-order valence-electron chi connectivity index (χ3n) is 2.02. The van der Waals surface area contributed by atoms with Crippen LogP contribution in [0.1, 0.15) is 15.2 Å². The third kappa shape index (κ3) is 2.87. The van der Waals surface area contributed by atoms with Crippen molar-refractivity contribution in [2.75, 3.05) is 38.4 Å². The summed E-state index contributed by atoms with van der Waals surface area (Å²) in [6.45, 7) is 1.03. The van der Waals surface area contributed by atoms with Crippen LogP contribution in [0.2, 0.25) is 0 Å². The molecule has 0 unspecified atom stereocenters. The Bertz CT molecular complexity index is 450. The standard InChI is InChI=1S/C10H13N3O3S/c1-15-4-3-13-9-6(5-11)7(12)8(17-9)10(14)16-2/h13H,3-4,12H2,1-2H3. The largest absolute Gasteiger partial charge is 0.465 e. The summed E-state index contributed by atoms with van der Waals surface area (Å²) in [7, 11) is 2.85. The van der Waals surface area contributed by atoms with E-state index in [1.54, 1.807) is 7.11 Å². The molecule has 1 aromatic heterocycles. The van der Waals surface area contributed by atoms with E-state index in [9.17, 15) is 4.79 Å². The van der Waals surface area contributed by atoms with Crippen molar-refractivity contribution in [3.8, 4) is 6.07 Å². The van der Waals surface area contributed by atoms with Gasteiger partial charge in [0.25, 0.3) is 0 Å². The number of rotatable bonds is 5. The van der Waals surface area contributed by atoms with Crippen molar-refractivity contribution in [2.24, 2.45) is 0 Å². The van der Waals surface area contributed by atoms with Crippen molar-refractivity contribution in [1.29, 1.82) is 5.26 Å². The summed E-state index contributed by atoms with van der Waals surface area (Å²) >= 11 is 1.11. The molecule has 92 valence electrons. The van der Waals surface area contributed by atoms with Crippen LogP contribution in [0.25, 0.3) is 0 Å². The average Bonchev–Trinajstić information content (AvgIpc) is 2.65. The number of ether oxygens (including phenoxy) is 2. The fourth-order valence-corrected chi connectivity index (χ4v) is 2.21. The molecule has 0 bridgehead atoms. The molecule has 0 aliphatic rings. The number of anilines is 2. The lowest BCUT2D eigenvalue weighted by molar-refractivity contribution is 0.0607. The van der Waals surface area contributed by atoms with Gasteiger partial charge in [-0.05, 0) is 0 Å². The number of hydrogen-bond donors (Lipinski definition) is 2. The summed E-state index contributed by atoms with van der Waals surface area (Å²) < 4.78 is 9.46. The SMILES string of the molecule is COCCNc1sc(C(=O)OC)c(N)c1C#N. The first-order valence-electron chi connectivity index (χ1n) is 4.79. The highest BCUT2D eigenvalue weighted by Gasteiger charge is 2.21. The Labute approximate surface area is 103 Å². The van der Waals surface area contributed by atoms with Gasteiger partial charge in [0.1, 0.15) is 21.5 Å². The number of nitrogens with two attached hydrogens (primary N) is 1. The van der Waals surface area contributed by atoms with Crippen molar-refractivity contribution >= 4 is 28.0 Å². The van der Waals surface area contributed by atoms with Crippen molar-refractivity contribution < 1.29 is 14.3 Å². The zero-order valence-corrected chi connectivity index (χ0v) is 10.4. The van der Waals surface area contributed by atoms with Gasteiger partial charge in [0.15, 0.2) is 0 Å². The molecule has 0 saturated heterocycles. The maximum atomic E-state index is 11.4. The summed E-state index contributed by atoms with van der Waals surface area (Å²) in [4.78, 5) is 11.6. The van der Waals surface area contributed by atoms with E-state index < -0.39 is 5.97 Å². The smallest absolute Gasteiger partial charge is 0.350 e. The highest BCUT2D eigenvalue weighted by molar-refractivity contribution is 7.18. The molecule has 0 aromatic carbocycles. The molecule has 6 nitrogen and oxygen atoms in total. The first-order valence-corrected chi connectivity index (χ1v) is 5.60. The molecule has 1 aromatic rings. The van der Waals surface area contributed by atoms with Crippen LogP contribution < -0.4 is 11.1 Å². The number of carbonyl (C=O) groups excluding carboxylic acids is 1. The zero-order valence-electron chi connectivity index (χ0n) is 9.57. The van der Waals surface area contributed by atoms with Gasteiger partial charge in [-0.15, -0.1) is 11.3 Å². The second kappa shape index (κ2) is 6.08. The number of nitrogens with one attached hydrogen (secondary N) is 1. The lowest BCUT2D eigenvalue weighted by Gasteiger charge is -2.02. The molecule has 17 heavy (non-hydrogen) atoms. The molecular formula is C10H13N3O3S. The van der Waals surface area contributed by atoms with Crippen LogP contribution in [-0.2, 0) is 9.47 Å². The minimum atomic E-state index is -0.538. The van der Waals surface area contributed by atoms with Gasteiger partial charge in [-0.25, -0.2) is 4.79 Å². The molecule has 3 N–H and O–H groups in total. The van der Waals surface area contributed by atoms with Crippen LogP contribution in [-0.4, -0.2) is 33.3 Å². The zero-order chi connectivity index (χ0) is 12.8. The first kappa shape index (κ1) is 13.3. The van der Waals surface area contributed by atoms with Gasteiger partial charge >= 0.3 is 5.97 Å². The quantitative estimate of drug-likeness (QED) is 0.603. The molecule has 1 heterocycles. The second-order valence-electron chi connectivity index (χ2n) is 3.07. The highest BCUT2D eigenvalue weighted by Crippen LogP contribution is 2.35. The maximum Gasteiger partial charge on any atom is 0.350 e. The van der Waals surface area contributed by atoms with Gasteiger partial charge in [-0.3, -0.25) is 0 Å². The molecule has 7 heteroatoms. The number of nitrogens with zero attached hydrogens (tertiary/aromatic N) is 1. The van der Waals surface area contributed by atoms with Gasteiger partial charge in [0.05, 0.1) is 19.4 Å². The topological polar surface area (TPSA) is 97.4 Å². The van der Waals surface area contributed by atoms with Crippen LogP contribution in [0.3, 0.4) is 0 Å². The summed E-state index contributed by atoms with van der Waals surface area (Å²) in [5.41, 5.74) is 6.14. The van der Waals surface area contributed by atoms with Crippen LogP contribution >= 0.6 is 11.3 Å². The van der Waals surface area contributed by atoms with Gasteiger partial charge in [0.2, 0.25) is 0 Å². The molecule has 0 fully saturated rings. The van der Waals surface area contributed by atoms with E-state index in [0.717, 1.165) is 11.3 Å². The number of thiophene rings is 1. The van der Waals surface area contributed by atoms with E-state index in [4.69, 9.17) is 15.7 Å². The highest BCUT2D eigenvalue weighted by atomic mass is 32.1. The molecular weight excluding hydrogens is 242 g/mol. The van der Waals surface area contributed by atoms with Gasteiger partial charge in [-0.2, -0.15) is 5.26 Å². The summed E-state index contributed by atoms with van der Waals surface area (Å²) in [5, 5.41) is 12.5. The molecule has 0 atom stereocenters. The summed E-state index contributed by atoms with van der Waals surface area (Å²) in [5.74, 6) is -0.538. The molecule has 0 saturated carbocycles. The fraction of sp³-hybridized carbons (Fsp3) is 0.400. The fourth-order valence-electron chi connectivity index (χ4n) is 1.19. The van der Waals surface area contributed by atoms with E-state index in [0.29, 0.717) is 18.2 Å². The number of nitriles is 1. The van der Waals surface area contributed by atoms with E-state index >= 15 is 0 Å². The first-order chi connectivity index (χ1) is 8.15.